The van der Waals surface area contributed by atoms with Crippen molar-refractivity contribution in [3.63, 3.8) is 0 Å². The van der Waals surface area contributed by atoms with E-state index in [0.717, 1.165) is 30.6 Å². The first-order chi connectivity index (χ1) is 8.19. The number of hydrogen-bond acceptors (Lipinski definition) is 2. The highest BCUT2D eigenvalue weighted by atomic mass is 16.2. The van der Waals surface area contributed by atoms with Crippen molar-refractivity contribution >= 4 is 11.7 Å². The highest BCUT2D eigenvalue weighted by Crippen LogP contribution is 2.18. The maximum atomic E-state index is 11.8. The summed E-state index contributed by atoms with van der Waals surface area (Å²) in [5, 5.41) is 10.2. The highest BCUT2D eigenvalue weighted by Gasteiger charge is 2.17. The van der Waals surface area contributed by atoms with Gasteiger partial charge in [0, 0.05) is 19.3 Å². The molecule has 2 N–H and O–H groups in total. The summed E-state index contributed by atoms with van der Waals surface area (Å²) in [5.74, 6) is 0. The summed E-state index contributed by atoms with van der Waals surface area (Å²) < 4.78 is 1.73. The third-order valence-corrected chi connectivity index (χ3v) is 3.18. The molecule has 0 unspecified atom stereocenters. The average Bonchev–Trinajstić information content (AvgIpc) is 2.88. The monoisotopic (exact) mass is 236 g/mol. The molecule has 0 radical (unpaired) electrons. The Morgan fingerprint density at radius 3 is 2.88 bits per heavy atom. The third-order valence-electron chi connectivity index (χ3n) is 3.18. The average molecular weight is 236 g/mol. The van der Waals surface area contributed by atoms with Crippen molar-refractivity contribution in [3.05, 3.63) is 11.9 Å². The summed E-state index contributed by atoms with van der Waals surface area (Å²) in [7, 11) is 1.86. The number of rotatable bonds is 3. The van der Waals surface area contributed by atoms with E-state index in [0.29, 0.717) is 6.04 Å². The summed E-state index contributed by atoms with van der Waals surface area (Å²) in [5.41, 5.74) is 1.74. The van der Waals surface area contributed by atoms with Crippen LogP contribution in [-0.4, -0.2) is 21.9 Å². The molecule has 0 atom stereocenters. The number of anilines is 1. The van der Waals surface area contributed by atoms with E-state index in [1.807, 2.05) is 20.2 Å². The van der Waals surface area contributed by atoms with Gasteiger partial charge in [-0.15, -0.1) is 0 Å². The largest absolute Gasteiger partial charge is 0.335 e. The van der Waals surface area contributed by atoms with Gasteiger partial charge >= 0.3 is 6.03 Å². The minimum atomic E-state index is -0.111. The first-order valence-electron chi connectivity index (χ1n) is 6.29. The first kappa shape index (κ1) is 12.0. The SMILES string of the molecule is CCc1nn(C)cc1NC(=O)NC1CCCC1. The molecule has 0 saturated heterocycles. The molecular formula is C12H20N4O. The fourth-order valence-electron chi connectivity index (χ4n) is 2.31. The zero-order valence-corrected chi connectivity index (χ0v) is 10.5. The van der Waals surface area contributed by atoms with Gasteiger partial charge in [0.2, 0.25) is 0 Å². The van der Waals surface area contributed by atoms with Crippen LogP contribution >= 0.6 is 0 Å². The van der Waals surface area contributed by atoms with Crippen LogP contribution in [0.2, 0.25) is 0 Å². The maximum Gasteiger partial charge on any atom is 0.319 e. The predicted octanol–water partition coefficient (Wildman–Crippen LogP) is 2.05. The van der Waals surface area contributed by atoms with E-state index >= 15 is 0 Å². The predicted molar refractivity (Wildman–Crippen MR) is 67.0 cm³/mol. The van der Waals surface area contributed by atoms with Crippen molar-refractivity contribution in [1.29, 1.82) is 0 Å². The van der Waals surface area contributed by atoms with E-state index < -0.39 is 0 Å². The van der Waals surface area contributed by atoms with Gasteiger partial charge in [-0.1, -0.05) is 19.8 Å². The van der Waals surface area contributed by atoms with Crippen LogP contribution in [0.3, 0.4) is 0 Å². The number of nitrogens with one attached hydrogen (secondary N) is 2. The maximum absolute atomic E-state index is 11.8. The summed E-state index contributed by atoms with van der Waals surface area (Å²) in [6, 6.07) is 0.233. The molecule has 1 heterocycles. The van der Waals surface area contributed by atoms with E-state index in [4.69, 9.17) is 0 Å². The van der Waals surface area contributed by atoms with Gasteiger partial charge in [0.05, 0.1) is 11.4 Å². The van der Waals surface area contributed by atoms with Crippen molar-refractivity contribution in [2.75, 3.05) is 5.32 Å². The molecule has 0 aliphatic heterocycles. The molecular weight excluding hydrogens is 216 g/mol. The Morgan fingerprint density at radius 2 is 2.24 bits per heavy atom. The fraction of sp³-hybridized carbons (Fsp3) is 0.667. The lowest BCUT2D eigenvalue weighted by Gasteiger charge is -2.12. The van der Waals surface area contributed by atoms with Crippen LogP contribution in [0, 0.1) is 0 Å². The molecule has 94 valence electrons. The molecule has 1 aromatic heterocycles. The molecule has 2 amide bonds. The number of aromatic nitrogens is 2. The van der Waals surface area contributed by atoms with Gasteiger partial charge < -0.3 is 10.6 Å². The summed E-state index contributed by atoms with van der Waals surface area (Å²) in [6.45, 7) is 2.03. The third kappa shape index (κ3) is 2.99. The molecule has 1 aliphatic carbocycles. The van der Waals surface area contributed by atoms with Crippen LogP contribution in [0.25, 0.3) is 0 Å². The molecule has 1 fully saturated rings. The smallest absolute Gasteiger partial charge is 0.319 e. The number of carbonyl (C=O) groups is 1. The molecule has 1 saturated carbocycles. The lowest BCUT2D eigenvalue weighted by atomic mass is 10.2. The Bertz CT molecular complexity index is 393. The van der Waals surface area contributed by atoms with Crippen LogP contribution in [0.4, 0.5) is 10.5 Å². The topological polar surface area (TPSA) is 59.0 Å². The van der Waals surface area contributed by atoms with Crippen molar-refractivity contribution in [1.82, 2.24) is 15.1 Å². The van der Waals surface area contributed by atoms with Crippen LogP contribution in [0.1, 0.15) is 38.3 Å². The van der Waals surface area contributed by atoms with Gasteiger partial charge in [-0.05, 0) is 19.3 Å². The quantitative estimate of drug-likeness (QED) is 0.843. The minimum Gasteiger partial charge on any atom is -0.335 e. The first-order valence-corrected chi connectivity index (χ1v) is 6.29. The van der Waals surface area contributed by atoms with Crippen LogP contribution < -0.4 is 10.6 Å². The number of amides is 2. The molecule has 1 aliphatic rings. The Morgan fingerprint density at radius 1 is 1.53 bits per heavy atom. The van der Waals surface area contributed by atoms with Gasteiger partial charge in [-0.2, -0.15) is 5.10 Å². The molecule has 0 aromatic carbocycles. The minimum absolute atomic E-state index is 0.111. The number of carbonyl (C=O) groups excluding carboxylic acids is 1. The Kier molecular flexibility index (Phi) is 3.66. The van der Waals surface area contributed by atoms with E-state index in [1.54, 1.807) is 4.68 Å². The second-order valence-corrected chi connectivity index (χ2v) is 4.60. The van der Waals surface area contributed by atoms with Crippen molar-refractivity contribution in [2.45, 2.75) is 45.1 Å². The molecule has 2 rings (SSSR count). The summed E-state index contributed by atoms with van der Waals surface area (Å²) in [4.78, 5) is 11.8. The Hall–Kier alpha value is -1.52. The van der Waals surface area contributed by atoms with Crippen LogP contribution in [-0.2, 0) is 13.5 Å². The second kappa shape index (κ2) is 5.21. The van der Waals surface area contributed by atoms with Gasteiger partial charge in [0.1, 0.15) is 0 Å². The van der Waals surface area contributed by atoms with Gasteiger partial charge in [-0.25, -0.2) is 4.79 Å². The second-order valence-electron chi connectivity index (χ2n) is 4.60. The van der Waals surface area contributed by atoms with Crippen LogP contribution in [0.5, 0.6) is 0 Å². The summed E-state index contributed by atoms with van der Waals surface area (Å²) in [6.07, 6.45) is 7.30. The zero-order valence-electron chi connectivity index (χ0n) is 10.5. The lowest BCUT2D eigenvalue weighted by molar-refractivity contribution is 0.248. The normalized spacial score (nSPS) is 16.1. The van der Waals surface area contributed by atoms with Crippen molar-refractivity contribution < 1.29 is 4.79 Å². The number of hydrogen-bond donors (Lipinski definition) is 2. The molecule has 17 heavy (non-hydrogen) atoms. The van der Waals surface area contributed by atoms with Gasteiger partial charge in [0.25, 0.3) is 0 Å². The van der Waals surface area contributed by atoms with Gasteiger partial charge in [0.15, 0.2) is 0 Å². The van der Waals surface area contributed by atoms with E-state index in [9.17, 15) is 4.79 Å². The van der Waals surface area contributed by atoms with E-state index in [2.05, 4.69) is 15.7 Å². The fourth-order valence-corrected chi connectivity index (χ4v) is 2.31. The lowest BCUT2D eigenvalue weighted by Crippen LogP contribution is -2.36. The number of nitrogens with zero attached hydrogens (tertiary/aromatic N) is 2. The molecule has 0 bridgehead atoms. The highest BCUT2D eigenvalue weighted by molar-refractivity contribution is 5.89. The number of aryl methyl sites for hydroxylation is 2. The Labute approximate surface area is 102 Å². The Balaban J connectivity index is 1.92. The standard InChI is InChI=1S/C12H20N4O/c1-3-10-11(8-16(2)15-10)14-12(17)13-9-6-4-5-7-9/h8-9H,3-7H2,1-2H3,(H2,13,14,17). The molecule has 5 nitrogen and oxygen atoms in total. The molecule has 0 spiro atoms. The van der Waals surface area contributed by atoms with Crippen LogP contribution in [0.15, 0.2) is 6.20 Å². The molecule has 1 aromatic rings. The van der Waals surface area contributed by atoms with Crippen molar-refractivity contribution in [3.8, 4) is 0 Å². The molecule has 5 heteroatoms. The van der Waals surface area contributed by atoms with Crippen molar-refractivity contribution in [2.24, 2.45) is 7.05 Å². The van der Waals surface area contributed by atoms with Gasteiger partial charge in [-0.3, -0.25) is 4.68 Å². The van der Waals surface area contributed by atoms with E-state index in [1.165, 1.54) is 12.8 Å². The summed E-state index contributed by atoms with van der Waals surface area (Å²) >= 11 is 0. The number of urea groups is 1. The zero-order chi connectivity index (χ0) is 12.3. The van der Waals surface area contributed by atoms with E-state index in [-0.39, 0.29) is 6.03 Å².